The molecule has 1 unspecified atom stereocenters. The quantitative estimate of drug-likeness (QED) is 0.214. The molecule has 0 aliphatic heterocycles. The van der Waals surface area contributed by atoms with Crippen molar-refractivity contribution in [2.75, 3.05) is 0 Å². The number of benzene rings is 2. The van der Waals surface area contributed by atoms with Crippen LogP contribution >= 0.6 is 0 Å². The highest BCUT2D eigenvalue weighted by molar-refractivity contribution is 7.89. The van der Waals surface area contributed by atoms with Crippen molar-refractivity contribution in [1.29, 1.82) is 5.41 Å². The van der Waals surface area contributed by atoms with Gasteiger partial charge in [0.1, 0.15) is 11.0 Å². The lowest BCUT2D eigenvalue weighted by atomic mass is 10.1. The number of rotatable bonds is 11. The predicted octanol–water partition coefficient (Wildman–Crippen LogP) is 4.93. The number of sulfonamides is 1. The molecule has 0 aromatic heterocycles. The standard InChI is InChI=1S/C24H32N2O5S/c1-5-9-21(25)18-12-14-20(15-13-18)30-23(27)17-16-22(19-10-7-6-8-11-19)32(28,29)26-31-24(2,3)4/h6-8,10-15,22,25-26H,5,9,16-17H2,1-4H3. The van der Waals surface area contributed by atoms with Crippen molar-refractivity contribution in [2.45, 2.75) is 64.2 Å². The number of ether oxygens (including phenoxy) is 1. The van der Waals surface area contributed by atoms with Crippen LogP contribution in [0.4, 0.5) is 0 Å². The third-order valence-electron chi connectivity index (χ3n) is 4.56. The molecule has 0 heterocycles. The number of hydrogen-bond acceptors (Lipinski definition) is 6. The van der Waals surface area contributed by atoms with Gasteiger partial charge in [0, 0.05) is 12.1 Å². The molecule has 0 radical (unpaired) electrons. The summed E-state index contributed by atoms with van der Waals surface area (Å²) in [7, 11) is -3.90. The van der Waals surface area contributed by atoms with E-state index in [1.54, 1.807) is 75.4 Å². The second-order valence-corrected chi connectivity index (χ2v) is 10.3. The molecule has 7 nitrogen and oxygen atoms in total. The van der Waals surface area contributed by atoms with Crippen LogP contribution in [0.2, 0.25) is 0 Å². The zero-order valence-corrected chi connectivity index (χ0v) is 19.9. The largest absolute Gasteiger partial charge is 0.427 e. The van der Waals surface area contributed by atoms with Crippen LogP contribution in [0.1, 0.15) is 69.8 Å². The summed E-state index contributed by atoms with van der Waals surface area (Å²) in [5.74, 6) is -0.175. The highest BCUT2D eigenvalue weighted by Crippen LogP contribution is 2.28. The second-order valence-electron chi connectivity index (χ2n) is 8.51. The van der Waals surface area contributed by atoms with Gasteiger partial charge in [-0.3, -0.25) is 9.63 Å². The molecule has 8 heteroatoms. The van der Waals surface area contributed by atoms with E-state index in [1.807, 2.05) is 6.92 Å². The maximum atomic E-state index is 12.9. The summed E-state index contributed by atoms with van der Waals surface area (Å²) in [5.41, 5.74) is 1.18. The molecule has 2 rings (SSSR count). The van der Waals surface area contributed by atoms with E-state index in [1.165, 1.54) is 0 Å². The molecule has 0 fully saturated rings. The van der Waals surface area contributed by atoms with Gasteiger partial charge in [0.15, 0.2) is 0 Å². The van der Waals surface area contributed by atoms with Crippen LogP contribution in [0.25, 0.3) is 0 Å². The van der Waals surface area contributed by atoms with Gasteiger partial charge in [-0.05, 0) is 69.0 Å². The zero-order chi connectivity index (χ0) is 23.8. The number of carbonyl (C=O) groups excluding carboxylic acids is 1. The van der Waals surface area contributed by atoms with E-state index < -0.39 is 26.8 Å². The summed E-state index contributed by atoms with van der Waals surface area (Å²) >= 11 is 0. The van der Waals surface area contributed by atoms with Gasteiger partial charge >= 0.3 is 5.97 Å². The van der Waals surface area contributed by atoms with Gasteiger partial charge in [-0.25, -0.2) is 8.42 Å². The number of carbonyl (C=O) groups is 1. The normalized spacial score (nSPS) is 12.9. The van der Waals surface area contributed by atoms with Gasteiger partial charge in [0.05, 0.1) is 5.60 Å². The van der Waals surface area contributed by atoms with Gasteiger partial charge in [0.25, 0.3) is 0 Å². The molecule has 174 valence electrons. The van der Waals surface area contributed by atoms with E-state index in [2.05, 4.69) is 4.89 Å². The Bertz CT molecular complexity index is 997. The Labute approximate surface area is 190 Å². The minimum Gasteiger partial charge on any atom is -0.427 e. The highest BCUT2D eigenvalue weighted by Gasteiger charge is 2.30. The van der Waals surface area contributed by atoms with Gasteiger partial charge in [-0.15, -0.1) is 0 Å². The van der Waals surface area contributed by atoms with Crippen molar-refractivity contribution in [2.24, 2.45) is 0 Å². The molecule has 0 aliphatic rings. The van der Waals surface area contributed by atoms with Crippen molar-refractivity contribution in [3.63, 3.8) is 0 Å². The average molecular weight is 461 g/mol. The topological polar surface area (TPSA) is 106 Å². The summed E-state index contributed by atoms with van der Waals surface area (Å²) in [6.07, 6.45) is 1.51. The van der Waals surface area contributed by atoms with Crippen LogP contribution < -0.4 is 9.62 Å². The molecule has 32 heavy (non-hydrogen) atoms. The second kappa shape index (κ2) is 11.4. The summed E-state index contributed by atoms with van der Waals surface area (Å²) in [5, 5.41) is 7.01. The first-order valence-corrected chi connectivity index (χ1v) is 12.2. The van der Waals surface area contributed by atoms with Gasteiger partial charge in [-0.2, -0.15) is 0 Å². The van der Waals surface area contributed by atoms with Crippen LogP contribution in [0.5, 0.6) is 5.75 Å². The number of esters is 1. The molecule has 2 aromatic rings. The third kappa shape index (κ3) is 8.18. The highest BCUT2D eigenvalue weighted by atomic mass is 32.2. The van der Waals surface area contributed by atoms with Crippen LogP contribution in [0.3, 0.4) is 0 Å². The van der Waals surface area contributed by atoms with E-state index in [-0.39, 0.29) is 12.8 Å². The minimum absolute atomic E-state index is 0.0327. The fourth-order valence-electron chi connectivity index (χ4n) is 2.96. The SMILES string of the molecule is CCCC(=N)c1ccc(OC(=O)CCC(c2ccccc2)S(=O)(=O)NOC(C)(C)C)cc1. The molecule has 0 bridgehead atoms. The van der Waals surface area contributed by atoms with Crippen molar-refractivity contribution >= 4 is 21.7 Å². The summed E-state index contributed by atoms with van der Waals surface area (Å²) in [4.78, 5) is 19.9. The monoisotopic (exact) mass is 460 g/mol. The van der Waals surface area contributed by atoms with E-state index >= 15 is 0 Å². The molecule has 0 amide bonds. The van der Waals surface area contributed by atoms with Crippen molar-refractivity contribution in [3.8, 4) is 5.75 Å². The van der Waals surface area contributed by atoms with E-state index in [0.29, 0.717) is 23.4 Å². The Hall–Kier alpha value is -2.55. The molecule has 0 spiro atoms. The zero-order valence-electron chi connectivity index (χ0n) is 19.1. The Morgan fingerprint density at radius 1 is 1.03 bits per heavy atom. The maximum Gasteiger partial charge on any atom is 0.311 e. The van der Waals surface area contributed by atoms with Crippen LogP contribution in [-0.2, 0) is 19.7 Å². The lowest BCUT2D eigenvalue weighted by Gasteiger charge is -2.23. The fraction of sp³-hybridized carbons (Fsp3) is 0.417. The van der Waals surface area contributed by atoms with E-state index in [4.69, 9.17) is 15.0 Å². The van der Waals surface area contributed by atoms with Gasteiger partial charge in [-0.1, -0.05) is 48.6 Å². The van der Waals surface area contributed by atoms with E-state index in [9.17, 15) is 13.2 Å². The third-order valence-corrected chi connectivity index (χ3v) is 6.13. The molecule has 1 atom stereocenters. The number of nitrogens with one attached hydrogen (secondary N) is 2. The van der Waals surface area contributed by atoms with E-state index in [0.717, 1.165) is 12.0 Å². The van der Waals surface area contributed by atoms with Gasteiger partial charge < -0.3 is 10.1 Å². The average Bonchev–Trinajstić information content (AvgIpc) is 2.73. The molecule has 0 saturated heterocycles. The van der Waals surface area contributed by atoms with Gasteiger partial charge in [0.2, 0.25) is 10.0 Å². The Morgan fingerprint density at radius 2 is 1.66 bits per heavy atom. The minimum atomic E-state index is -3.90. The van der Waals surface area contributed by atoms with Crippen molar-refractivity contribution in [1.82, 2.24) is 4.89 Å². The molecule has 0 aliphatic carbocycles. The summed E-state index contributed by atoms with van der Waals surface area (Å²) in [6.45, 7) is 7.22. The lowest BCUT2D eigenvalue weighted by molar-refractivity contribution is -0.134. The van der Waals surface area contributed by atoms with Crippen LogP contribution in [-0.4, -0.2) is 25.7 Å². The van der Waals surface area contributed by atoms with Crippen molar-refractivity contribution in [3.05, 3.63) is 65.7 Å². The van der Waals surface area contributed by atoms with Crippen LogP contribution in [0, 0.1) is 5.41 Å². The Morgan fingerprint density at radius 3 is 2.22 bits per heavy atom. The Kier molecular flexibility index (Phi) is 9.12. The first-order valence-electron chi connectivity index (χ1n) is 10.6. The molecular formula is C24H32N2O5S. The summed E-state index contributed by atoms with van der Waals surface area (Å²) in [6, 6.07) is 15.5. The first-order chi connectivity index (χ1) is 15.0. The summed E-state index contributed by atoms with van der Waals surface area (Å²) < 4.78 is 31.2. The number of hydrogen-bond donors (Lipinski definition) is 2. The molecule has 2 aromatic carbocycles. The van der Waals surface area contributed by atoms with Crippen molar-refractivity contribution < 1.29 is 22.8 Å². The predicted molar refractivity (Wildman–Crippen MR) is 125 cm³/mol. The lowest BCUT2D eigenvalue weighted by Crippen LogP contribution is -2.36. The molecular weight excluding hydrogens is 428 g/mol. The first kappa shape index (κ1) is 25.7. The molecule has 2 N–H and O–H groups in total. The fourth-order valence-corrected chi connectivity index (χ4v) is 4.39. The molecule has 0 saturated carbocycles. The Balaban J connectivity index is 2.06. The van der Waals surface area contributed by atoms with Crippen LogP contribution in [0.15, 0.2) is 54.6 Å². The smallest absolute Gasteiger partial charge is 0.311 e. The maximum absolute atomic E-state index is 12.9.